The summed E-state index contributed by atoms with van der Waals surface area (Å²) < 4.78 is 7.85. The molecular weight excluding hydrogens is 316 g/mol. The Morgan fingerprint density at radius 2 is 2.16 bits per heavy atom. The van der Waals surface area contributed by atoms with E-state index in [0.717, 1.165) is 36.5 Å². The molecule has 0 radical (unpaired) electrons. The summed E-state index contributed by atoms with van der Waals surface area (Å²) in [6.45, 7) is 0.790. The van der Waals surface area contributed by atoms with Crippen molar-refractivity contribution in [3.05, 3.63) is 60.6 Å². The van der Waals surface area contributed by atoms with Crippen molar-refractivity contribution in [2.24, 2.45) is 0 Å². The number of benzene rings is 1. The van der Waals surface area contributed by atoms with Gasteiger partial charge in [-0.2, -0.15) is 0 Å². The van der Waals surface area contributed by atoms with Crippen LogP contribution in [0.5, 0.6) is 0 Å². The van der Waals surface area contributed by atoms with Gasteiger partial charge in [-0.3, -0.25) is 4.79 Å². The first-order chi connectivity index (χ1) is 12.3. The fourth-order valence-electron chi connectivity index (χ4n) is 3.17. The molecular formula is C19H20N4O2. The first-order valence-corrected chi connectivity index (χ1v) is 8.57. The minimum atomic E-state index is 0.0352. The quantitative estimate of drug-likeness (QED) is 0.777. The third kappa shape index (κ3) is 3.63. The van der Waals surface area contributed by atoms with E-state index in [2.05, 4.69) is 19.9 Å². The molecule has 1 aliphatic rings. The largest absolute Gasteiger partial charge is 0.441 e. The summed E-state index contributed by atoms with van der Waals surface area (Å²) in [5, 5.41) is 3.10. The molecule has 3 heterocycles. The summed E-state index contributed by atoms with van der Waals surface area (Å²) in [4.78, 5) is 20.8. The normalized spacial score (nSPS) is 16.4. The first kappa shape index (κ1) is 15.6. The van der Waals surface area contributed by atoms with Crippen LogP contribution in [-0.2, 0) is 24.2 Å². The highest BCUT2D eigenvalue weighted by Crippen LogP contribution is 2.20. The summed E-state index contributed by atoms with van der Waals surface area (Å²) in [5.74, 6) is 2.46. The Kier molecular flexibility index (Phi) is 4.33. The van der Waals surface area contributed by atoms with E-state index < -0.39 is 0 Å². The fourth-order valence-corrected chi connectivity index (χ4v) is 3.17. The van der Waals surface area contributed by atoms with E-state index in [4.69, 9.17) is 4.42 Å². The van der Waals surface area contributed by atoms with E-state index in [1.54, 1.807) is 6.20 Å². The molecule has 2 aromatic heterocycles. The maximum absolute atomic E-state index is 12.2. The number of rotatable bonds is 5. The van der Waals surface area contributed by atoms with Gasteiger partial charge in [-0.15, -0.1) is 0 Å². The molecule has 128 valence electrons. The molecule has 3 aromatic rings. The lowest BCUT2D eigenvalue weighted by Crippen LogP contribution is -2.40. The van der Waals surface area contributed by atoms with Gasteiger partial charge in [0.1, 0.15) is 5.82 Å². The molecule has 25 heavy (non-hydrogen) atoms. The van der Waals surface area contributed by atoms with Crippen molar-refractivity contribution in [3.8, 4) is 11.3 Å². The summed E-state index contributed by atoms with van der Waals surface area (Å²) in [6, 6.07) is 10.00. The van der Waals surface area contributed by atoms with Gasteiger partial charge in [0.05, 0.1) is 6.20 Å². The van der Waals surface area contributed by atoms with Gasteiger partial charge in [-0.1, -0.05) is 30.3 Å². The number of oxazole rings is 1. The van der Waals surface area contributed by atoms with Crippen LogP contribution in [-0.4, -0.2) is 26.5 Å². The number of amides is 1. The van der Waals surface area contributed by atoms with Crippen molar-refractivity contribution < 1.29 is 9.21 Å². The van der Waals surface area contributed by atoms with Gasteiger partial charge in [0.15, 0.2) is 11.7 Å². The zero-order chi connectivity index (χ0) is 17.1. The Bertz CT molecular complexity index is 853. The number of nitrogens with zero attached hydrogens (tertiary/aromatic N) is 3. The Morgan fingerprint density at radius 1 is 1.28 bits per heavy atom. The van der Waals surface area contributed by atoms with Gasteiger partial charge in [-0.05, 0) is 6.42 Å². The van der Waals surface area contributed by atoms with Crippen molar-refractivity contribution in [3.63, 3.8) is 0 Å². The predicted octanol–water partition coefficient (Wildman–Crippen LogP) is 2.60. The minimum absolute atomic E-state index is 0.0352. The highest BCUT2D eigenvalue weighted by molar-refractivity contribution is 5.76. The average molecular weight is 336 g/mol. The summed E-state index contributed by atoms with van der Waals surface area (Å²) in [5.41, 5.74) is 0.990. The molecule has 6 heteroatoms. The number of aromatic nitrogens is 3. The molecule has 0 bridgehead atoms. The van der Waals surface area contributed by atoms with Gasteiger partial charge < -0.3 is 14.3 Å². The van der Waals surface area contributed by atoms with Gasteiger partial charge in [0.2, 0.25) is 5.91 Å². The molecule has 1 amide bonds. The Morgan fingerprint density at radius 3 is 3.04 bits per heavy atom. The third-order valence-corrected chi connectivity index (χ3v) is 4.48. The standard InChI is InChI=1S/C19H20N4O2/c24-18(22-15-6-7-17-20-10-11-23(17)13-15)8-9-19-21-12-16(25-19)14-4-2-1-3-5-14/h1-5,10-12,15H,6-9,13H2,(H,22,24). The molecule has 0 spiro atoms. The van der Waals surface area contributed by atoms with Crippen molar-refractivity contribution in [2.45, 2.75) is 38.3 Å². The van der Waals surface area contributed by atoms with Crippen LogP contribution in [0.1, 0.15) is 24.6 Å². The van der Waals surface area contributed by atoms with Crippen LogP contribution in [0.3, 0.4) is 0 Å². The van der Waals surface area contributed by atoms with E-state index in [1.807, 2.05) is 42.7 Å². The number of imidazole rings is 1. The van der Waals surface area contributed by atoms with Gasteiger partial charge in [0, 0.05) is 49.8 Å². The number of fused-ring (bicyclic) bond motifs is 1. The van der Waals surface area contributed by atoms with Gasteiger partial charge in [0.25, 0.3) is 0 Å². The first-order valence-electron chi connectivity index (χ1n) is 8.57. The molecule has 0 fully saturated rings. The van der Waals surface area contributed by atoms with Crippen LogP contribution in [0.4, 0.5) is 0 Å². The molecule has 1 aliphatic heterocycles. The van der Waals surface area contributed by atoms with Crippen molar-refractivity contribution in [2.75, 3.05) is 0 Å². The molecule has 6 nitrogen and oxygen atoms in total. The van der Waals surface area contributed by atoms with E-state index in [0.29, 0.717) is 18.7 Å². The number of carbonyl (C=O) groups excluding carboxylic acids is 1. The fraction of sp³-hybridized carbons (Fsp3) is 0.316. The van der Waals surface area contributed by atoms with Crippen LogP contribution in [0, 0.1) is 0 Å². The second-order valence-electron chi connectivity index (χ2n) is 6.28. The predicted molar refractivity (Wildman–Crippen MR) is 92.7 cm³/mol. The Labute approximate surface area is 145 Å². The molecule has 1 N–H and O–H groups in total. The molecule has 0 saturated carbocycles. The van der Waals surface area contributed by atoms with Crippen LogP contribution < -0.4 is 5.32 Å². The van der Waals surface area contributed by atoms with Crippen LogP contribution in [0.25, 0.3) is 11.3 Å². The molecule has 1 unspecified atom stereocenters. The zero-order valence-electron chi connectivity index (χ0n) is 13.9. The maximum atomic E-state index is 12.2. The minimum Gasteiger partial charge on any atom is -0.441 e. The van der Waals surface area contributed by atoms with Crippen molar-refractivity contribution >= 4 is 5.91 Å². The van der Waals surface area contributed by atoms with E-state index >= 15 is 0 Å². The topological polar surface area (TPSA) is 73.0 Å². The number of carbonyl (C=O) groups is 1. The molecule has 1 aromatic carbocycles. The van der Waals surface area contributed by atoms with Crippen molar-refractivity contribution in [1.29, 1.82) is 0 Å². The van der Waals surface area contributed by atoms with Gasteiger partial charge >= 0.3 is 0 Å². The lowest BCUT2D eigenvalue weighted by Gasteiger charge is -2.24. The monoisotopic (exact) mass is 336 g/mol. The zero-order valence-corrected chi connectivity index (χ0v) is 13.9. The molecule has 4 rings (SSSR count). The number of hydrogen-bond acceptors (Lipinski definition) is 4. The number of nitrogens with one attached hydrogen (secondary N) is 1. The van der Waals surface area contributed by atoms with E-state index in [9.17, 15) is 4.79 Å². The summed E-state index contributed by atoms with van der Waals surface area (Å²) in [6.07, 6.45) is 8.20. The molecule has 0 saturated heterocycles. The van der Waals surface area contributed by atoms with E-state index in [1.165, 1.54) is 0 Å². The Hall–Kier alpha value is -2.89. The highest BCUT2D eigenvalue weighted by atomic mass is 16.4. The highest BCUT2D eigenvalue weighted by Gasteiger charge is 2.20. The number of hydrogen-bond donors (Lipinski definition) is 1. The van der Waals surface area contributed by atoms with E-state index in [-0.39, 0.29) is 11.9 Å². The van der Waals surface area contributed by atoms with Crippen LogP contribution in [0.2, 0.25) is 0 Å². The van der Waals surface area contributed by atoms with Gasteiger partial charge in [-0.25, -0.2) is 9.97 Å². The summed E-state index contributed by atoms with van der Waals surface area (Å²) >= 11 is 0. The number of aryl methyl sites for hydroxylation is 2. The van der Waals surface area contributed by atoms with Crippen molar-refractivity contribution in [1.82, 2.24) is 19.9 Å². The van der Waals surface area contributed by atoms with Crippen LogP contribution in [0.15, 0.2) is 53.3 Å². The second kappa shape index (κ2) is 6.93. The smallest absolute Gasteiger partial charge is 0.220 e. The molecule has 1 atom stereocenters. The second-order valence-corrected chi connectivity index (χ2v) is 6.28. The molecule has 0 aliphatic carbocycles. The third-order valence-electron chi connectivity index (χ3n) is 4.48. The maximum Gasteiger partial charge on any atom is 0.220 e. The Balaban J connectivity index is 1.29. The summed E-state index contributed by atoms with van der Waals surface area (Å²) in [7, 11) is 0. The lowest BCUT2D eigenvalue weighted by molar-refractivity contribution is -0.122. The van der Waals surface area contributed by atoms with Crippen LogP contribution >= 0.6 is 0 Å². The lowest BCUT2D eigenvalue weighted by atomic mass is 10.1. The SMILES string of the molecule is O=C(CCc1ncc(-c2ccccc2)o1)NC1CCc2nccn2C1. The average Bonchev–Trinajstić information content (AvgIpc) is 3.30.